The quantitative estimate of drug-likeness (QED) is 0.626. The van der Waals surface area contributed by atoms with Gasteiger partial charge >= 0.3 is 0 Å². The minimum absolute atomic E-state index is 1.02. The van der Waals surface area contributed by atoms with Crippen LogP contribution in [0.15, 0.2) is 0 Å². The Bertz CT molecular complexity index is 153. The van der Waals surface area contributed by atoms with E-state index in [9.17, 15) is 0 Å². The van der Waals surface area contributed by atoms with Crippen LogP contribution in [0.5, 0.6) is 0 Å². The van der Waals surface area contributed by atoms with E-state index in [1.54, 1.807) is 0 Å². The van der Waals surface area contributed by atoms with E-state index in [0.29, 0.717) is 0 Å². The molecule has 2 rings (SSSR count). The summed E-state index contributed by atoms with van der Waals surface area (Å²) in [5, 5.41) is 2.05. The lowest BCUT2D eigenvalue weighted by molar-refractivity contribution is 0.496. The zero-order chi connectivity index (χ0) is 10.3. The lowest BCUT2D eigenvalue weighted by Crippen LogP contribution is -2.15. The molecule has 0 aromatic heterocycles. The van der Waals surface area contributed by atoms with Gasteiger partial charge in [0.05, 0.1) is 0 Å². The molecule has 0 saturated heterocycles. The van der Waals surface area contributed by atoms with E-state index in [0.717, 1.165) is 10.5 Å². The summed E-state index contributed by atoms with van der Waals surface area (Å²) in [6.07, 6.45) is 18.1. The molecular formula is C14H26S. The molecule has 0 N–H and O–H groups in total. The molecule has 0 radical (unpaired) electrons. The number of hydrogen-bond donors (Lipinski definition) is 0. The molecule has 0 heterocycles. The summed E-state index contributed by atoms with van der Waals surface area (Å²) in [4.78, 5) is 0. The third-order valence-corrected chi connectivity index (χ3v) is 5.70. The second kappa shape index (κ2) is 6.83. The fraction of sp³-hybridized carbons (Fsp3) is 1.00. The lowest BCUT2D eigenvalue weighted by atomic mass is 10.00. The Morgan fingerprint density at radius 2 is 0.800 bits per heavy atom. The molecule has 0 bridgehead atoms. The molecule has 0 spiro atoms. The summed E-state index contributed by atoms with van der Waals surface area (Å²) in [5.74, 6) is 0. The van der Waals surface area contributed by atoms with Crippen molar-refractivity contribution in [2.45, 2.75) is 87.5 Å². The van der Waals surface area contributed by atoms with Crippen LogP contribution < -0.4 is 0 Å². The minimum atomic E-state index is 1.02. The van der Waals surface area contributed by atoms with Gasteiger partial charge in [-0.1, -0.05) is 51.4 Å². The van der Waals surface area contributed by atoms with Gasteiger partial charge in [0.15, 0.2) is 0 Å². The van der Waals surface area contributed by atoms with Crippen LogP contribution in [0.1, 0.15) is 77.0 Å². The highest BCUT2D eigenvalue weighted by Gasteiger charge is 2.19. The van der Waals surface area contributed by atoms with Gasteiger partial charge in [-0.05, 0) is 25.7 Å². The summed E-state index contributed by atoms with van der Waals surface area (Å²) in [6.45, 7) is 0. The Morgan fingerprint density at radius 3 is 1.27 bits per heavy atom. The van der Waals surface area contributed by atoms with Crippen molar-refractivity contribution in [2.75, 3.05) is 0 Å². The lowest BCUT2D eigenvalue weighted by Gasteiger charge is -2.27. The van der Waals surface area contributed by atoms with Gasteiger partial charge in [0, 0.05) is 10.5 Å². The number of thioether (sulfide) groups is 1. The van der Waals surface area contributed by atoms with Crippen LogP contribution in [0, 0.1) is 0 Å². The van der Waals surface area contributed by atoms with Crippen molar-refractivity contribution in [3.8, 4) is 0 Å². The highest BCUT2D eigenvalue weighted by Crippen LogP contribution is 2.35. The summed E-state index contributed by atoms with van der Waals surface area (Å²) < 4.78 is 0. The van der Waals surface area contributed by atoms with Crippen molar-refractivity contribution >= 4 is 11.8 Å². The van der Waals surface area contributed by atoms with E-state index < -0.39 is 0 Å². The molecule has 0 unspecified atom stereocenters. The highest BCUT2D eigenvalue weighted by atomic mass is 32.2. The van der Waals surface area contributed by atoms with Crippen molar-refractivity contribution < 1.29 is 0 Å². The van der Waals surface area contributed by atoms with Crippen LogP contribution in [0.3, 0.4) is 0 Å². The zero-order valence-electron chi connectivity index (χ0n) is 10.0. The first-order valence-electron chi connectivity index (χ1n) is 7.10. The maximum Gasteiger partial charge on any atom is 0.00498 e. The molecule has 0 amide bonds. The first-order valence-corrected chi connectivity index (χ1v) is 8.05. The molecule has 15 heavy (non-hydrogen) atoms. The molecule has 0 nitrogen and oxygen atoms in total. The normalized spacial score (nSPS) is 27.2. The predicted octanol–water partition coefficient (Wildman–Crippen LogP) is 5.17. The average Bonchev–Trinajstić information content (AvgIpc) is 2.23. The van der Waals surface area contributed by atoms with Crippen LogP contribution in [-0.4, -0.2) is 10.5 Å². The maximum absolute atomic E-state index is 2.36. The van der Waals surface area contributed by atoms with E-state index >= 15 is 0 Å². The molecule has 0 atom stereocenters. The third kappa shape index (κ3) is 4.38. The van der Waals surface area contributed by atoms with Gasteiger partial charge < -0.3 is 0 Å². The Kier molecular flexibility index (Phi) is 5.38. The van der Waals surface area contributed by atoms with Crippen LogP contribution in [-0.2, 0) is 0 Å². The maximum atomic E-state index is 2.36. The molecular weight excluding hydrogens is 200 g/mol. The van der Waals surface area contributed by atoms with E-state index in [4.69, 9.17) is 0 Å². The van der Waals surface area contributed by atoms with E-state index in [-0.39, 0.29) is 0 Å². The SMILES string of the molecule is C1CCCC(SC2CCCCC2)CCC1. The van der Waals surface area contributed by atoms with Crippen molar-refractivity contribution in [3.63, 3.8) is 0 Å². The summed E-state index contributed by atoms with van der Waals surface area (Å²) in [6, 6.07) is 0. The van der Waals surface area contributed by atoms with E-state index in [2.05, 4.69) is 11.8 Å². The second-order valence-corrected chi connectivity index (χ2v) is 6.97. The molecule has 0 aliphatic heterocycles. The summed E-state index contributed by atoms with van der Waals surface area (Å²) in [7, 11) is 0. The smallest absolute Gasteiger partial charge is 0.00498 e. The Labute approximate surface area is 99.6 Å². The fourth-order valence-corrected chi connectivity index (χ4v) is 4.78. The van der Waals surface area contributed by atoms with Crippen molar-refractivity contribution in [3.05, 3.63) is 0 Å². The molecule has 2 aliphatic rings. The van der Waals surface area contributed by atoms with Gasteiger partial charge in [-0.25, -0.2) is 0 Å². The Morgan fingerprint density at radius 1 is 0.467 bits per heavy atom. The van der Waals surface area contributed by atoms with Crippen LogP contribution in [0.25, 0.3) is 0 Å². The molecule has 2 saturated carbocycles. The first kappa shape index (κ1) is 11.8. The van der Waals surface area contributed by atoms with Gasteiger partial charge in [0.25, 0.3) is 0 Å². The highest BCUT2D eigenvalue weighted by molar-refractivity contribution is 8.00. The second-order valence-electron chi connectivity index (χ2n) is 5.36. The first-order chi connectivity index (χ1) is 7.45. The molecule has 2 aliphatic carbocycles. The van der Waals surface area contributed by atoms with Crippen LogP contribution in [0.2, 0.25) is 0 Å². The van der Waals surface area contributed by atoms with Gasteiger partial charge in [-0.2, -0.15) is 11.8 Å². The van der Waals surface area contributed by atoms with Crippen molar-refractivity contribution in [1.29, 1.82) is 0 Å². The minimum Gasteiger partial charge on any atom is -0.155 e. The van der Waals surface area contributed by atoms with Crippen LogP contribution in [0.4, 0.5) is 0 Å². The fourth-order valence-electron chi connectivity index (χ4n) is 3.03. The van der Waals surface area contributed by atoms with E-state index in [1.807, 2.05) is 0 Å². The largest absolute Gasteiger partial charge is 0.155 e. The standard InChI is InChI=1S/C14H26S/c1-2-5-9-13(10-6-3-1)15-14-11-7-4-8-12-14/h13-14H,1-12H2. The topological polar surface area (TPSA) is 0 Å². The monoisotopic (exact) mass is 226 g/mol. The Hall–Kier alpha value is 0.350. The van der Waals surface area contributed by atoms with Gasteiger partial charge in [-0.15, -0.1) is 0 Å². The van der Waals surface area contributed by atoms with Crippen molar-refractivity contribution in [1.82, 2.24) is 0 Å². The average molecular weight is 226 g/mol. The molecule has 2 fully saturated rings. The molecule has 0 aromatic carbocycles. The molecule has 0 aromatic rings. The van der Waals surface area contributed by atoms with Crippen LogP contribution >= 0.6 is 11.8 Å². The number of rotatable bonds is 2. The van der Waals surface area contributed by atoms with Gasteiger partial charge in [0.2, 0.25) is 0 Å². The predicted molar refractivity (Wildman–Crippen MR) is 70.6 cm³/mol. The Balaban J connectivity index is 1.70. The van der Waals surface area contributed by atoms with Gasteiger partial charge in [0.1, 0.15) is 0 Å². The number of hydrogen-bond acceptors (Lipinski definition) is 1. The van der Waals surface area contributed by atoms with E-state index in [1.165, 1.54) is 77.0 Å². The molecule has 1 heteroatoms. The molecule has 88 valence electrons. The van der Waals surface area contributed by atoms with Gasteiger partial charge in [-0.3, -0.25) is 0 Å². The summed E-state index contributed by atoms with van der Waals surface area (Å²) in [5.41, 5.74) is 0. The van der Waals surface area contributed by atoms with Crippen molar-refractivity contribution in [2.24, 2.45) is 0 Å². The third-order valence-electron chi connectivity index (χ3n) is 3.99. The zero-order valence-corrected chi connectivity index (χ0v) is 10.9. The summed E-state index contributed by atoms with van der Waals surface area (Å²) >= 11 is 2.36.